The fourth-order valence-corrected chi connectivity index (χ4v) is 4.41. The van der Waals surface area contributed by atoms with Crippen molar-refractivity contribution in [1.82, 2.24) is 0 Å². The molecule has 6 nitrogen and oxygen atoms in total. The third-order valence-electron chi connectivity index (χ3n) is 6.73. The van der Waals surface area contributed by atoms with Gasteiger partial charge >= 0.3 is 5.97 Å². The van der Waals surface area contributed by atoms with E-state index < -0.39 is 6.10 Å². The summed E-state index contributed by atoms with van der Waals surface area (Å²) in [5, 5.41) is 0. The highest BCUT2D eigenvalue weighted by molar-refractivity contribution is 5.75. The molecule has 4 aromatic carbocycles. The summed E-state index contributed by atoms with van der Waals surface area (Å²) >= 11 is 0. The quantitative estimate of drug-likeness (QED) is 0.126. The normalized spacial score (nSPS) is 11.9. The second kappa shape index (κ2) is 16.8. The summed E-state index contributed by atoms with van der Waals surface area (Å²) < 4.78 is 29.0. The molecule has 4 rings (SSSR count). The van der Waals surface area contributed by atoms with E-state index in [2.05, 4.69) is 0 Å². The van der Waals surface area contributed by atoms with Crippen molar-refractivity contribution < 1.29 is 28.5 Å². The highest BCUT2D eigenvalue weighted by Gasteiger charge is 2.20. The Morgan fingerprint density at radius 1 is 0.674 bits per heavy atom. The first-order chi connectivity index (χ1) is 21.0. The lowest BCUT2D eigenvalue weighted by atomic mass is 10.1. The lowest BCUT2D eigenvalue weighted by Crippen LogP contribution is -2.28. The number of hydrogen-bond acceptors (Lipinski definition) is 6. The first kappa shape index (κ1) is 31.4. The minimum absolute atomic E-state index is 0.329. The average Bonchev–Trinajstić information content (AvgIpc) is 3.04. The molecule has 0 saturated carbocycles. The SMILES string of the molecule is CCOC(=O)C(Cc1ccc(OCC=C(C)c2cc(OCc3ccccc3)cc(OCc3ccccc3)c2)cc1)OCC. The van der Waals surface area contributed by atoms with E-state index in [0.29, 0.717) is 39.5 Å². The van der Waals surface area contributed by atoms with Crippen LogP contribution < -0.4 is 14.2 Å². The number of carbonyl (C=O) groups excluding carboxylic acids is 1. The number of rotatable bonds is 16. The molecule has 0 aliphatic heterocycles. The minimum Gasteiger partial charge on any atom is -0.490 e. The molecule has 6 heteroatoms. The number of hydrogen-bond donors (Lipinski definition) is 0. The topological polar surface area (TPSA) is 63.2 Å². The van der Waals surface area contributed by atoms with Gasteiger partial charge in [-0.3, -0.25) is 0 Å². The molecule has 0 saturated heterocycles. The van der Waals surface area contributed by atoms with Gasteiger partial charge in [-0.2, -0.15) is 0 Å². The van der Waals surface area contributed by atoms with Gasteiger partial charge in [0.1, 0.15) is 37.1 Å². The zero-order chi connectivity index (χ0) is 30.3. The summed E-state index contributed by atoms with van der Waals surface area (Å²) in [5.41, 5.74) is 5.20. The lowest BCUT2D eigenvalue weighted by molar-refractivity contribution is -0.156. The van der Waals surface area contributed by atoms with Crippen LogP contribution in [0.15, 0.2) is 109 Å². The summed E-state index contributed by atoms with van der Waals surface area (Å²) in [6.45, 7) is 7.81. The molecule has 0 radical (unpaired) electrons. The number of ether oxygens (including phenoxy) is 5. The predicted octanol–water partition coefficient (Wildman–Crippen LogP) is 7.84. The van der Waals surface area contributed by atoms with Gasteiger partial charge in [0.15, 0.2) is 6.10 Å². The molecule has 0 bridgehead atoms. The summed E-state index contributed by atoms with van der Waals surface area (Å²) in [6.07, 6.45) is 1.87. The minimum atomic E-state index is -0.615. The predicted molar refractivity (Wildman–Crippen MR) is 169 cm³/mol. The molecule has 0 aromatic heterocycles. The molecule has 0 N–H and O–H groups in total. The second-order valence-electron chi connectivity index (χ2n) is 9.98. The molecule has 224 valence electrons. The Hall–Kier alpha value is -4.55. The molecule has 0 fully saturated rings. The Morgan fingerprint density at radius 2 is 1.26 bits per heavy atom. The Labute approximate surface area is 254 Å². The van der Waals surface area contributed by atoms with Crippen LogP contribution in [0.5, 0.6) is 17.2 Å². The van der Waals surface area contributed by atoms with E-state index in [0.717, 1.165) is 45.1 Å². The highest BCUT2D eigenvalue weighted by atomic mass is 16.6. The van der Waals surface area contributed by atoms with E-state index in [1.54, 1.807) is 6.92 Å². The number of carbonyl (C=O) groups is 1. The molecule has 0 amide bonds. The van der Waals surface area contributed by atoms with E-state index >= 15 is 0 Å². The third kappa shape index (κ3) is 10.3. The van der Waals surface area contributed by atoms with E-state index in [1.807, 2.05) is 123 Å². The van der Waals surface area contributed by atoms with Crippen LogP contribution in [0.1, 0.15) is 43.0 Å². The van der Waals surface area contributed by atoms with Crippen molar-refractivity contribution in [3.8, 4) is 17.2 Å². The van der Waals surface area contributed by atoms with E-state index in [4.69, 9.17) is 23.7 Å². The Morgan fingerprint density at radius 3 is 1.79 bits per heavy atom. The zero-order valence-corrected chi connectivity index (χ0v) is 25.2. The molecule has 0 heterocycles. The van der Waals surface area contributed by atoms with Crippen LogP contribution >= 0.6 is 0 Å². The van der Waals surface area contributed by atoms with Crippen molar-refractivity contribution in [3.63, 3.8) is 0 Å². The molecule has 1 unspecified atom stereocenters. The van der Waals surface area contributed by atoms with Crippen LogP contribution in [0.4, 0.5) is 0 Å². The van der Waals surface area contributed by atoms with Crippen molar-refractivity contribution in [3.05, 3.63) is 131 Å². The van der Waals surface area contributed by atoms with Crippen LogP contribution in [0, 0.1) is 0 Å². The average molecular weight is 581 g/mol. The first-order valence-corrected chi connectivity index (χ1v) is 14.7. The Kier molecular flexibility index (Phi) is 12.2. The van der Waals surface area contributed by atoms with Crippen molar-refractivity contribution in [2.45, 2.75) is 46.5 Å². The summed E-state index contributed by atoms with van der Waals surface area (Å²) in [5.74, 6) is 1.88. The number of allylic oxidation sites excluding steroid dienone is 1. The van der Waals surface area contributed by atoms with Crippen molar-refractivity contribution in [2.75, 3.05) is 19.8 Å². The Bertz CT molecular complexity index is 1370. The van der Waals surface area contributed by atoms with Gasteiger partial charge in [0.25, 0.3) is 0 Å². The van der Waals surface area contributed by atoms with Crippen LogP contribution in [0.2, 0.25) is 0 Å². The number of benzene rings is 4. The molecule has 4 aromatic rings. The maximum atomic E-state index is 12.2. The van der Waals surface area contributed by atoms with Gasteiger partial charge in [-0.05, 0) is 78.9 Å². The van der Waals surface area contributed by atoms with Gasteiger partial charge in [0.2, 0.25) is 0 Å². The largest absolute Gasteiger partial charge is 0.490 e. The van der Waals surface area contributed by atoms with Gasteiger partial charge in [-0.25, -0.2) is 4.79 Å². The van der Waals surface area contributed by atoms with Crippen LogP contribution in [0.3, 0.4) is 0 Å². The maximum absolute atomic E-state index is 12.2. The maximum Gasteiger partial charge on any atom is 0.335 e. The molecular weight excluding hydrogens is 540 g/mol. The summed E-state index contributed by atoms with van der Waals surface area (Å²) in [4.78, 5) is 12.2. The van der Waals surface area contributed by atoms with E-state index in [1.165, 1.54) is 0 Å². The van der Waals surface area contributed by atoms with Gasteiger partial charge < -0.3 is 23.7 Å². The third-order valence-corrected chi connectivity index (χ3v) is 6.73. The van der Waals surface area contributed by atoms with Crippen molar-refractivity contribution in [1.29, 1.82) is 0 Å². The van der Waals surface area contributed by atoms with Gasteiger partial charge in [0.05, 0.1) is 6.61 Å². The molecule has 0 aliphatic rings. The lowest BCUT2D eigenvalue weighted by Gasteiger charge is -2.15. The van der Waals surface area contributed by atoms with Gasteiger partial charge in [-0.15, -0.1) is 0 Å². The number of esters is 1. The first-order valence-electron chi connectivity index (χ1n) is 14.7. The van der Waals surface area contributed by atoms with E-state index in [-0.39, 0.29) is 5.97 Å². The highest BCUT2D eigenvalue weighted by Crippen LogP contribution is 2.29. The van der Waals surface area contributed by atoms with Crippen LogP contribution in [0.25, 0.3) is 5.57 Å². The van der Waals surface area contributed by atoms with Gasteiger partial charge in [-0.1, -0.05) is 72.8 Å². The van der Waals surface area contributed by atoms with E-state index in [9.17, 15) is 4.79 Å². The van der Waals surface area contributed by atoms with Crippen LogP contribution in [-0.2, 0) is 33.9 Å². The fourth-order valence-electron chi connectivity index (χ4n) is 4.41. The van der Waals surface area contributed by atoms with Crippen molar-refractivity contribution in [2.24, 2.45) is 0 Å². The molecule has 0 aliphatic carbocycles. The molecular formula is C37H40O6. The fraction of sp³-hybridized carbons (Fsp3) is 0.270. The van der Waals surface area contributed by atoms with Crippen LogP contribution in [-0.4, -0.2) is 31.9 Å². The van der Waals surface area contributed by atoms with Crippen molar-refractivity contribution >= 4 is 11.5 Å². The Balaban J connectivity index is 1.40. The standard InChI is InChI=1S/C37H40O6/c1-4-39-36(37(38)40-5-2)22-29-16-18-33(19-17-29)41-21-20-28(3)32-23-34(42-26-30-12-8-6-9-13-30)25-35(24-32)43-27-31-14-10-7-11-15-31/h6-20,23-25,36H,4-5,21-22,26-27H2,1-3H3. The second-order valence-corrected chi connectivity index (χ2v) is 9.98. The zero-order valence-electron chi connectivity index (χ0n) is 25.2. The monoisotopic (exact) mass is 580 g/mol. The molecule has 1 atom stereocenters. The van der Waals surface area contributed by atoms with Gasteiger partial charge in [0, 0.05) is 19.1 Å². The summed E-state index contributed by atoms with van der Waals surface area (Å²) in [6, 6.07) is 33.9. The summed E-state index contributed by atoms with van der Waals surface area (Å²) in [7, 11) is 0. The molecule has 43 heavy (non-hydrogen) atoms. The molecule has 0 spiro atoms. The smallest absolute Gasteiger partial charge is 0.335 e.